The normalized spacial score (nSPS) is 21.2. The summed E-state index contributed by atoms with van der Waals surface area (Å²) < 4.78 is 7.53. The van der Waals surface area contributed by atoms with Crippen LogP contribution in [0.1, 0.15) is 30.1 Å². The fraction of sp³-hybridized carbons (Fsp3) is 0.619. The number of nitrogens with zero attached hydrogens (tertiary/aromatic N) is 4. The van der Waals surface area contributed by atoms with Crippen molar-refractivity contribution in [2.75, 3.05) is 57.4 Å². The van der Waals surface area contributed by atoms with E-state index in [9.17, 15) is 4.79 Å². The lowest BCUT2D eigenvalue weighted by Crippen LogP contribution is -2.40. The zero-order valence-corrected chi connectivity index (χ0v) is 17.0. The number of carbonyl (C=O) groups excluding carboxylic acids is 1. The number of anilines is 1. The standard InChI is InChI=1S/C21H31N5O2/c1-16-4-3-8-25(15-16)9-7-22-20(27)17-5-6-19-18(14-17)23-21(24(19)2)26-10-12-28-13-11-26/h5-6,14,16H,3-4,7-13,15H2,1-2H3,(H,22,27)/t16-/m1/s1. The number of piperidine rings is 1. The van der Waals surface area contributed by atoms with Gasteiger partial charge in [0.15, 0.2) is 0 Å². The number of hydrogen-bond donors (Lipinski definition) is 1. The third-order valence-corrected chi connectivity index (χ3v) is 5.87. The van der Waals surface area contributed by atoms with Crippen LogP contribution in [0.5, 0.6) is 0 Å². The van der Waals surface area contributed by atoms with E-state index in [4.69, 9.17) is 9.72 Å². The number of fused-ring (bicyclic) bond motifs is 1. The molecule has 3 heterocycles. The number of imidazole rings is 1. The molecule has 1 atom stereocenters. The van der Waals surface area contributed by atoms with Gasteiger partial charge < -0.3 is 24.4 Å². The SMILES string of the molecule is C[C@@H]1CCCN(CCNC(=O)c2ccc3c(c2)nc(N2CCOCC2)n3C)C1. The highest BCUT2D eigenvalue weighted by Crippen LogP contribution is 2.23. The lowest BCUT2D eigenvalue weighted by molar-refractivity contribution is 0.0944. The average molecular weight is 386 g/mol. The largest absolute Gasteiger partial charge is 0.378 e. The average Bonchev–Trinajstić information content (AvgIpc) is 3.05. The van der Waals surface area contributed by atoms with Crippen LogP contribution in [0.4, 0.5) is 5.95 Å². The number of hydrogen-bond acceptors (Lipinski definition) is 5. The van der Waals surface area contributed by atoms with Crippen LogP contribution in [0.25, 0.3) is 11.0 Å². The summed E-state index contributed by atoms with van der Waals surface area (Å²) in [6.07, 6.45) is 2.58. The number of rotatable bonds is 5. The van der Waals surface area contributed by atoms with Gasteiger partial charge in [0, 0.05) is 45.3 Å². The molecular formula is C21H31N5O2. The van der Waals surface area contributed by atoms with E-state index in [1.165, 1.54) is 12.8 Å². The van der Waals surface area contributed by atoms with Gasteiger partial charge in [0.1, 0.15) is 0 Å². The van der Waals surface area contributed by atoms with Crippen LogP contribution in [0.2, 0.25) is 0 Å². The molecule has 7 nitrogen and oxygen atoms in total. The summed E-state index contributed by atoms with van der Waals surface area (Å²) in [4.78, 5) is 22.1. The molecule has 152 valence electrons. The highest BCUT2D eigenvalue weighted by molar-refractivity contribution is 5.97. The highest BCUT2D eigenvalue weighted by Gasteiger charge is 2.19. The van der Waals surface area contributed by atoms with E-state index in [0.717, 1.165) is 68.8 Å². The first-order chi connectivity index (χ1) is 13.6. The molecule has 2 fully saturated rings. The van der Waals surface area contributed by atoms with Gasteiger partial charge in [-0.1, -0.05) is 6.92 Å². The van der Waals surface area contributed by atoms with Gasteiger partial charge in [0.2, 0.25) is 5.95 Å². The highest BCUT2D eigenvalue weighted by atomic mass is 16.5. The summed E-state index contributed by atoms with van der Waals surface area (Å²) in [6.45, 7) is 9.34. The number of ether oxygens (including phenoxy) is 1. The molecule has 0 spiro atoms. The molecule has 0 aliphatic carbocycles. The predicted octanol–water partition coefficient (Wildman–Crippen LogP) is 1.87. The van der Waals surface area contributed by atoms with Gasteiger partial charge in [-0.15, -0.1) is 0 Å². The smallest absolute Gasteiger partial charge is 0.251 e. The molecule has 0 bridgehead atoms. The first-order valence-corrected chi connectivity index (χ1v) is 10.4. The van der Waals surface area contributed by atoms with Crippen molar-refractivity contribution >= 4 is 22.9 Å². The van der Waals surface area contributed by atoms with Crippen molar-refractivity contribution in [2.45, 2.75) is 19.8 Å². The van der Waals surface area contributed by atoms with Crippen LogP contribution < -0.4 is 10.2 Å². The second kappa shape index (κ2) is 8.49. The minimum atomic E-state index is -0.0227. The number of aryl methyl sites for hydroxylation is 1. The molecule has 1 aromatic carbocycles. The van der Waals surface area contributed by atoms with Crippen LogP contribution in [0.15, 0.2) is 18.2 Å². The minimum Gasteiger partial charge on any atom is -0.378 e. The predicted molar refractivity (Wildman–Crippen MR) is 111 cm³/mol. The molecule has 0 radical (unpaired) electrons. The summed E-state index contributed by atoms with van der Waals surface area (Å²) >= 11 is 0. The number of morpholine rings is 1. The van der Waals surface area contributed by atoms with Crippen molar-refractivity contribution in [2.24, 2.45) is 13.0 Å². The summed E-state index contributed by atoms with van der Waals surface area (Å²) in [5, 5.41) is 3.07. The van der Waals surface area contributed by atoms with Gasteiger partial charge in [-0.25, -0.2) is 4.98 Å². The zero-order valence-electron chi connectivity index (χ0n) is 17.0. The van der Waals surface area contributed by atoms with Crippen LogP contribution in [-0.2, 0) is 11.8 Å². The minimum absolute atomic E-state index is 0.0227. The van der Waals surface area contributed by atoms with E-state index in [-0.39, 0.29) is 5.91 Å². The lowest BCUT2D eigenvalue weighted by atomic mass is 10.0. The van der Waals surface area contributed by atoms with Crippen LogP contribution in [-0.4, -0.2) is 72.8 Å². The van der Waals surface area contributed by atoms with Crippen molar-refractivity contribution in [1.82, 2.24) is 19.8 Å². The molecule has 7 heteroatoms. The fourth-order valence-electron chi connectivity index (χ4n) is 4.29. The summed E-state index contributed by atoms with van der Waals surface area (Å²) in [5.74, 6) is 1.68. The van der Waals surface area contributed by atoms with Gasteiger partial charge in [0.05, 0.1) is 24.2 Å². The van der Waals surface area contributed by atoms with E-state index in [1.54, 1.807) is 0 Å². The lowest BCUT2D eigenvalue weighted by Gasteiger charge is -2.30. The molecule has 2 aliphatic heterocycles. The quantitative estimate of drug-likeness (QED) is 0.851. The molecule has 1 N–H and O–H groups in total. The molecule has 0 unspecified atom stereocenters. The Bertz CT molecular complexity index is 828. The Morgan fingerprint density at radius 3 is 2.89 bits per heavy atom. The van der Waals surface area contributed by atoms with Gasteiger partial charge in [-0.2, -0.15) is 0 Å². The van der Waals surface area contributed by atoms with Gasteiger partial charge in [0.25, 0.3) is 5.91 Å². The van der Waals surface area contributed by atoms with Crippen LogP contribution in [0.3, 0.4) is 0 Å². The topological polar surface area (TPSA) is 62.6 Å². The molecule has 2 aliphatic rings. The second-order valence-electron chi connectivity index (χ2n) is 8.08. The Hall–Kier alpha value is -2.12. The molecule has 2 aromatic rings. The third kappa shape index (κ3) is 4.15. The van der Waals surface area contributed by atoms with E-state index in [2.05, 4.69) is 26.6 Å². The van der Waals surface area contributed by atoms with Crippen molar-refractivity contribution in [1.29, 1.82) is 0 Å². The van der Waals surface area contributed by atoms with Gasteiger partial charge >= 0.3 is 0 Å². The Kier molecular flexibility index (Phi) is 5.82. The number of carbonyl (C=O) groups is 1. The first-order valence-electron chi connectivity index (χ1n) is 10.4. The number of likely N-dealkylation sites (tertiary alicyclic amines) is 1. The summed E-state index contributed by atoms with van der Waals surface area (Å²) in [6, 6.07) is 5.79. The Labute approximate surface area is 166 Å². The van der Waals surface area contributed by atoms with Crippen molar-refractivity contribution < 1.29 is 9.53 Å². The third-order valence-electron chi connectivity index (χ3n) is 5.87. The van der Waals surface area contributed by atoms with Crippen molar-refractivity contribution in [3.63, 3.8) is 0 Å². The zero-order chi connectivity index (χ0) is 19.5. The van der Waals surface area contributed by atoms with Gasteiger partial charge in [-0.05, 0) is 43.5 Å². The van der Waals surface area contributed by atoms with Crippen molar-refractivity contribution in [3.05, 3.63) is 23.8 Å². The fourth-order valence-corrected chi connectivity index (χ4v) is 4.29. The maximum absolute atomic E-state index is 12.6. The molecule has 1 aromatic heterocycles. The van der Waals surface area contributed by atoms with E-state index >= 15 is 0 Å². The van der Waals surface area contributed by atoms with Crippen LogP contribution in [0, 0.1) is 5.92 Å². The monoisotopic (exact) mass is 385 g/mol. The number of nitrogens with one attached hydrogen (secondary N) is 1. The molecule has 2 saturated heterocycles. The van der Waals surface area contributed by atoms with E-state index < -0.39 is 0 Å². The summed E-state index contributed by atoms with van der Waals surface area (Å²) in [5.41, 5.74) is 2.58. The van der Waals surface area contributed by atoms with Crippen molar-refractivity contribution in [3.8, 4) is 0 Å². The van der Waals surface area contributed by atoms with E-state index in [0.29, 0.717) is 12.1 Å². The Morgan fingerprint density at radius 1 is 1.29 bits per heavy atom. The molecule has 0 saturated carbocycles. The maximum atomic E-state index is 12.6. The Morgan fingerprint density at radius 2 is 2.11 bits per heavy atom. The Balaban J connectivity index is 1.40. The first kappa shape index (κ1) is 19.2. The van der Waals surface area contributed by atoms with E-state index in [1.807, 2.05) is 25.2 Å². The second-order valence-corrected chi connectivity index (χ2v) is 8.08. The number of benzene rings is 1. The molecule has 28 heavy (non-hydrogen) atoms. The summed E-state index contributed by atoms with van der Waals surface area (Å²) in [7, 11) is 2.03. The number of aromatic nitrogens is 2. The maximum Gasteiger partial charge on any atom is 0.251 e. The molecular weight excluding hydrogens is 354 g/mol. The molecule has 1 amide bonds. The van der Waals surface area contributed by atoms with Crippen LogP contribution >= 0.6 is 0 Å². The molecule has 4 rings (SSSR count). The number of amides is 1. The van der Waals surface area contributed by atoms with Gasteiger partial charge in [-0.3, -0.25) is 4.79 Å².